The van der Waals surface area contributed by atoms with Gasteiger partial charge >= 0.3 is 6.09 Å². The summed E-state index contributed by atoms with van der Waals surface area (Å²) in [5.74, 6) is -0.316. The van der Waals surface area contributed by atoms with Crippen molar-refractivity contribution in [2.75, 3.05) is 13.1 Å². The van der Waals surface area contributed by atoms with Crippen molar-refractivity contribution in [1.29, 1.82) is 0 Å². The third kappa shape index (κ3) is 6.50. The van der Waals surface area contributed by atoms with Crippen LogP contribution in [0.1, 0.15) is 58.1 Å². The largest absolute Gasteiger partial charge is 0.444 e. The van der Waals surface area contributed by atoms with Crippen LogP contribution in [0, 0.1) is 0 Å². The predicted octanol–water partition coefficient (Wildman–Crippen LogP) is 3.22. The standard InChI is InChI=1S/C20H28N2O4/c1-20(2,3)26-19(25)21-17(15-9-5-4-6-10-15)13-16(23)14-18(24)22-11-7-8-12-22/h4-6,9-10,17H,7-8,11-14H2,1-3H3,(H,21,25)/t17-/m1/s1. The molecule has 26 heavy (non-hydrogen) atoms. The van der Waals surface area contributed by atoms with E-state index in [1.165, 1.54) is 0 Å². The Kier molecular flexibility index (Phi) is 6.77. The van der Waals surface area contributed by atoms with E-state index in [1.54, 1.807) is 25.7 Å². The zero-order valence-electron chi connectivity index (χ0n) is 15.8. The molecule has 0 bridgehead atoms. The molecular weight excluding hydrogens is 332 g/mol. The van der Waals surface area contributed by atoms with Crippen molar-refractivity contribution in [1.82, 2.24) is 10.2 Å². The van der Waals surface area contributed by atoms with Gasteiger partial charge in [-0.1, -0.05) is 30.3 Å². The minimum atomic E-state index is -0.624. The second-order valence-corrected chi connectivity index (χ2v) is 7.62. The molecule has 2 rings (SSSR count). The number of ketones is 1. The number of nitrogens with zero attached hydrogens (tertiary/aromatic N) is 1. The van der Waals surface area contributed by atoms with Crippen LogP contribution in [0.2, 0.25) is 0 Å². The van der Waals surface area contributed by atoms with Gasteiger partial charge in [0, 0.05) is 19.5 Å². The summed E-state index contributed by atoms with van der Waals surface area (Å²) in [4.78, 5) is 38.5. The summed E-state index contributed by atoms with van der Waals surface area (Å²) in [5.41, 5.74) is 0.182. The molecule has 0 spiro atoms. The van der Waals surface area contributed by atoms with E-state index in [9.17, 15) is 14.4 Å². The molecule has 1 fully saturated rings. The lowest BCUT2D eigenvalue weighted by Gasteiger charge is -2.24. The second kappa shape index (κ2) is 8.83. The fourth-order valence-electron chi connectivity index (χ4n) is 2.93. The Labute approximate surface area is 154 Å². The van der Waals surface area contributed by atoms with Crippen LogP contribution in [0.3, 0.4) is 0 Å². The molecule has 1 aliphatic rings. The maximum absolute atomic E-state index is 12.4. The highest BCUT2D eigenvalue weighted by Gasteiger charge is 2.25. The van der Waals surface area contributed by atoms with Crippen molar-refractivity contribution in [2.24, 2.45) is 0 Å². The van der Waals surface area contributed by atoms with Crippen molar-refractivity contribution in [3.63, 3.8) is 0 Å². The minimum Gasteiger partial charge on any atom is -0.444 e. The molecule has 6 nitrogen and oxygen atoms in total. The van der Waals surface area contributed by atoms with Gasteiger partial charge in [0.2, 0.25) is 5.91 Å². The third-order valence-corrected chi connectivity index (χ3v) is 4.13. The number of ether oxygens (including phenoxy) is 1. The summed E-state index contributed by atoms with van der Waals surface area (Å²) in [6, 6.07) is 8.73. The number of rotatable bonds is 6. The number of alkyl carbamates (subject to hydrolysis) is 1. The van der Waals surface area contributed by atoms with E-state index in [2.05, 4.69) is 5.32 Å². The summed E-state index contributed by atoms with van der Waals surface area (Å²) < 4.78 is 5.30. The second-order valence-electron chi connectivity index (χ2n) is 7.62. The van der Waals surface area contributed by atoms with Crippen molar-refractivity contribution in [3.8, 4) is 0 Å². The van der Waals surface area contributed by atoms with Gasteiger partial charge in [-0.3, -0.25) is 9.59 Å². The quantitative estimate of drug-likeness (QED) is 0.790. The van der Waals surface area contributed by atoms with E-state index < -0.39 is 17.7 Å². The number of Topliss-reactive ketones (excluding diaryl/α,β-unsaturated/α-hetero) is 1. The molecule has 1 aromatic carbocycles. The first-order chi connectivity index (χ1) is 12.2. The van der Waals surface area contributed by atoms with Crippen LogP contribution in [0.5, 0.6) is 0 Å². The topological polar surface area (TPSA) is 75.7 Å². The Morgan fingerprint density at radius 1 is 1.12 bits per heavy atom. The molecule has 2 amide bonds. The van der Waals surface area contributed by atoms with Crippen molar-refractivity contribution in [2.45, 2.75) is 58.1 Å². The summed E-state index contributed by atoms with van der Waals surface area (Å²) >= 11 is 0. The molecule has 1 heterocycles. The van der Waals surface area contributed by atoms with Crippen molar-refractivity contribution < 1.29 is 19.1 Å². The number of nitrogens with one attached hydrogen (secondary N) is 1. The minimum absolute atomic E-state index is 0.0584. The van der Waals surface area contributed by atoms with Gasteiger partial charge in [-0.15, -0.1) is 0 Å². The Morgan fingerprint density at radius 2 is 1.73 bits per heavy atom. The molecule has 0 saturated carbocycles. The van der Waals surface area contributed by atoms with Gasteiger partial charge in [0.1, 0.15) is 11.4 Å². The summed E-state index contributed by atoms with van der Waals surface area (Å²) in [7, 11) is 0. The van der Waals surface area contributed by atoms with Gasteiger partial charge < -0.3 is 15.0 Å². The Bertz CT molecular complexity index is 631. The lowest BCUT2D eigenvalue weighted by Crippen LogP contribution is -2.36. The Balaban J connectivity index is 2.00. The first kappa shape index (κ1) is 19.9. The van der Waals surface area contributed by atoms with E-state index in [0.717, 1.165) is 31.5 Å². The molecule has 1 aromatic rings. The molecule has 0 unspecified atom stereocenters. The molecule has 0 aromatic heterocycles. The van der Waals surface area contributed by atoms with Crippen LogP contribution in [0.25, 0.3) is 0 Å². The van der Waals surface area contributed by atoms with Gasteiger partial charge in [-0.05, 0) is 39.2 Å². The highest BCUT2D eigenvalue weighted by Crippen LogP contribution is 2.20. The van der Waals surface area contributed by atoms with Gasteiger partial charge in [-0.25, -0.2) is 4.79 Å². The van der Waals surface area contributed by atoms with E-state index in [0.29, 0.717) is 0 Å². The fourth-order valence-corrected chi connectivity index (χ4v) is 2.93. The number of carbonyl (C=O) groups excluding carboxylic acids is 3. The molecule has 6 heteroatoms. The smallest absolute Gasteiger partial charge is 0.408 e. The number of likely N-dealkylation sites (tertiary alicyclic amines) is 1. The van der Waals surface area contributed by atoms with Crippen LogP contribution in [-0.4, -0.2) is 41.4 Å². The lowest BCUT2D eigenvalue weighted by atomic mass is 10.00. The normalized spacial score (nSPS) is 15.4. The maximum atomic E-state index is 12.4. The molecule has 1 atom stereocenters. The number of carbonyl (C=O) groups is 3. The summed E-state index contributed by atoms with van der Waals surface area (Å²) in [5, 5.41) is 2.76. The zero-order chi connectivity index (χ0) is 19.2. The first-order valence-corrected chi connectivity index (χ1v) is 9.08. The van der Waals surface area contributed by atoms with E-state index in [4.69, 9.17) is 4.74 Å². The summed E-state index contributed by atoms with van der Waals surface area (Å²) in [6.45, 7) is 6.80. The predicted molar refractivity (Wildman–Crippen MR) is 98.6 cm³/mol. The zero-order valence-corrected chi connectivity index (χ0v) is 15.8. The molecule has 0 aliphatic carbocycles. The van der Waals surface area contributed by atoms with E-state index in [1.807, 2.05) is 30.3 Å². The van der Waals surface area contributed by atoms with Crippen LogP contribution in [-0.2, 0) is 14.3 Å². The lowest BCUT2D eigenvalue weighted by molar-refractivity contribution is -0.134. The molecule has 1 saturated heterocycles. The van der Waals surface area contributed by atoms with Crippen LogP contribution < -0.4 is 5.32 Å². The molecule has 0 radical (unpaired) electrons. The van der Waals surface area contributed by atoms with Gasteiger partial charge in [0.05, 0.1) is 12.5 Å². The van der Waals surface area contributed by atoms with E-state index >= 15 is 0 Å². The van der Waals surface area contributed by atoms with Crippen LogP contribution in [0.15, 0.2) is 30.3 Å². The number of hydrogen-bond acceptors (Lipinski definition) is 4. The molecule has 1 aliphatic heterocycles. The third-order valence-electron chi connectivity index (χ3n) is 4.13. The number of hydrogen-bond donors (Lipinski definition) is 1. The van der Waals surface area contributed by atoms with Crippen molar-refractivity contribution in [3.05, 3.63) is 35.9 Å². The first-order valence-electron chi connectivity index (χ1n) is 9.08. The maximum Gasteiger partial charge on any atom is 0.408 e. The average molecular weight is 360 g/mol. The van der Waals surface area contributed by atoms with Crippen molar-refractivity contribution >= 4 is 17.8 Å². The van der Waals surface area contributed by atoms with Crippen LogP contribution in [0.4, 0.5) is 4.79 Å². The number of benzene rings is 1. The highest BCUT2D eigenvalue weighted by atomic mass is 16.6. The Morgan fingerprint density at radius 3 is 2.31 bits per heavy atom. The van der Waals surface area contributed by atoms with Gasteiger partial charge in [0.25, 0.3) is 0 Å². The highest BCUT2D eigenvalue weighted by molar-refractivity contribution is 5.98. The number of amides is 2. The molecular formula is C20H28N2O4. The van der Waals surface area contributed by atoms with Gasteiger partial charge in [-0.2, -0.15) is 0 Å². The monoisotopic (exact) mass is 360 g/mol. The summed E-state index contributed by atoms with van der Waals surface area (Å²) in [6.07, 6.45) is 1.34. The molecule has 142 valence electrons. The SMILES string of the molecule is CC(C)(C)OC(=O)N[C@H](CC(=O)CC(=O)N1CCCC1)c1ccccc1. The van der Waals surface area contributed by atoms with Gasteiger partial charge in [0.15, 0.2) is 0 Å². The average Bonchev–Trinajstić information content (AvgIpc) is 3.07. The molecule has 1 N–H and O–H groups in total. The Hall–Kier alpha value is -2.37. The fraction of sp³-hybridized carbons (Fsp3) is 0.550. The van der Waals surface area contributed by atoms with E-state index in [-0.39, 0.29) is 24.5 Å². The van der Waals surface area contributed by atoms with Crippen LogP contribution >= 0.6 is 0 Å².